The van der Waals surface area contributed by atoms with E-state index in [9.17, 15) is 17.6 Å². The number of nitrogens with zero attached hydrogens (tertiary/aromatic N) is 7. The first-order valence-electron chi connectivity index (χ1n) is 15.3. The number of aromatic nitrogens is 1. The maximum atomic E-state index is 13.8. The van der Waals surface area contributed by atoms with Gasteiger partial charge in [0.05, 0.1) is 11.9 Å². The molecule has 2 unspecified atom stereocenters. The second kappa shape index (κ2) is 17.8. The highest BCUT2D eigenvalue weighted by molar-refractivity contribution is 5.89. The molecule has 0 aromatic carbocycles. The minimum absolute atomic E-state index is 0.0558. The molecule has 0 spiro atoms. The van der Waals surface area contributed by atoms with Crippen LogP contribution in [0.3, 0.4) is 0 Å². The lowest BCUT2D eigenvalue weighted by Gasteiger charge is -2.32. The van der Waals surface area contributed by atoms with Gasteiger partial charge in [0.2, 0.25) is 5.96 Å². The van der Waals surface area contributed by atoms with E-state index >= 15 is 0 Å². The number of hydrogen-bond donors (Lipinski definition) is 0. The molecule has 43 heavy (non-hydrogen) atoms. The third-order valence-corrected chi connectivity index (χ3v) is 7.40. The summed E-state index contributed by atoms with van der Waals surface area (Å²) in [4.78, 5) is 21.0. The Bertz CT molecular complexity index is 1140. The summed E-state index contributed by atoms with van der Waals surface area (Å²) in [6.45, 7) is 11.2. The van der Waals surface area contributed by atoms with Crippen LogP contribution in [0.5, 0.6) is 0 Å². The summed E-state index contributed by atoms with van der Waals surface area (Å²) in [6.07, 6.45) is 10.5. The molecule has 0 N–H and O–H groups in total. The van der Waals surface area contributed by atoms with E-state index in [1.807, 2.05) is 58.1 Å². The summed E-state index contributed by atoms with van der Waals surface area (Å²) >= 11 is 0. The molecule has 240 valence electrons. The molecule has 0 saturated carbocycles. The highest BCUT2D eigenvalue weighted by Gasteiger charge is 2.35. The van der Waals surface area contributed by atoms with E-state index in [-0.39, 0.29) is 17.8 Å². The van der Waals surface area contributed by atoms with Gasteiger partial charge in [0.25, 0.3) is 0 Å². The van der Waals surface area contributed by atoms with Gasteiger partial charge in [0, 0.05) is 52.4 Å². The maximum Gasteiger partial charge on any atom is 0.419 e. The standard InChI is InChI=1S/C18H27FN4.C12H16F3N3.C2H6/c1-5-6-9-14(2)23(4)18-20-13-22(3)17(21-18)15-10-7-8-11-16(19)12-15;1-17-6-3-7-18(9-8-17)11-10(12(13,14)15)4-2-5-16-11;1-2/h7-8,10,12-14,17H,5-6,9,11H2,1-4H3;2,4-5H,3,6-9H2,1H3;1-2H3. The molecule has 0 amide bonds. The number of hydrogen-bond acceptors (Lipinski definition) is 7. The van der Waals surface area contributed by atoms with Crippen LogP contribution in [-0.4, -0.2) is 91.5 Å². The van der Waals surface area contributed by atoms with Gasteiger partial charge in [0.1, 0.15) is 11.6 Å². The normalized spacial score (nSPS) is 19.9. The molecular weight excluding hydrogens is 558 g/mol. The van der Waals surface area contributed by atoms with Gasteiger partial charge in [-0.2, -0.15) is 13.2 Å². The molecule has 0 radical (unpaired) electrons. The summed E-state index contributed by atoms with van der Waals surface area (Å²) in [5.74, 6) is 0.627. The number of allylic oxidation sites excluding steroid dienone is 4. The van der Waals surface area contributed by atoms with Crippen molar-refractivity contribution in [3.63, 3.8) is 0 Å². The lowest BCUT2D eigenvalue weighted by atomic mass is 10.1. The first-order chi connectivity index (χ1) is 20.5. The molecule has 3 heterocycles. The lowest BCUT2D eigenvalue weighted by molar-refractivity contribution is -0.137. The average Bonchev–Trinajstić information content (AvgIpc) is 3.36. The quantitative estimate of drug-likeness (QED) is 0.321. The smallest absolute Gasteiger partial charge is 0.355 e. The van der Waals surface area contributed by atoms with Crippen molar-refractivity contribution >= 4 is 18.1 Å². The number of halogens is 4. The van der Waals surface area contributed by atoms with Crippen LogP contribution in [0.15, 0.2) is 64.0 Å². The molecule has 2 aliphatic heterocycles. The van der Waals surface area contributed by atoms with E-state index in [1.54, 1.807) is 17.3 Å². The van der Waals surface area contributed by atoms with E-state index < -0.39 is 11.7 Å². The van der Waals surface area contributed by atoms with Gasteiger partial charge in [-0.05, 0) is 57.1 Å². The molecule has 2 atom stereocenters. The van der Waals surface area contributed by atoms with Crippen molar-refractivity contribution < 1.29 is 17.6 Å². The zero-order chi connectivity index (χ0) is 32.0. The number of unbranched alkanes of at least 4 members (excludes halogenated alkanes) is 1. The fourth-order valence-corrected chi connectivity index (χ4v) is 4.76. The van der Waals surface area contributed by atoms with Crippen molar-refractivity contribution in [2.24, 2.45) is 9.98 Å². The molecule has 0 bridgehead atoms. The third-order valence-electron chi connectivity index (χ3n) is 7.40. The second-order valence-electron chi connectivity index (χ2n) is 10.7. The van der Waals surface area contributed by atoms with E-state index in [0.29, 0.717) is 31.5 Å². The van der Waals surface area contributed by atoms with Gasteiger partial charge in [-0.1, -0.05) is 51.8 Å². The molecule has 7 nitrogen and oxygen atoms in total. The van der Waals surface area contributed by atoms with Crippen LogP contribution in [0.25, 0.3) is 0 Å². The monoisotopic (exact) mass is 607 g/mol. The Kier molecular flexibility index (Phi) is 14.9. The van der Waals surface area contributed by atoms with Crippen LogP contribution < -0.4 is 4.90 Å². The topological polar surface area (TPSA) is 50.6 Å². The number of alkyl halides is 3. The van der Waals surface area contributed by atoms with Gasteiger partial charge in [-0.3, -0.25) is 0 Å². The molecule has 1 aliphatic carbocycles. The zero-order valence-electron chi connectivity index (χ0n) is 26.8. The van der Waals surface area contributed by atoms with Crippen molar-refractivity contribution in [3.8, 4) is 0 Å². The first kappa shape index (κ1) is 36.0. The summed E-state index contributed by atoms with van der Waals surface area (Å²) in [6, 6.07) is 2.80. The van der Waals surface area contributed by atoms with Gasteiger partial charge in [0.15, 0.2) is 6.17 Å². The lowest BCUT2D eigenvalue weighted by Crippen LogP contribution is -2.41. The van der Waals surface area contributed by atoms with E-state index in [1.165, 1.54) is 25.1 Å². The highest BCUT2D eigenvalue weighted by atomic mass is 19.4. The van der Waals surface area contributed by atoms with Gasteiger partial charge in [-0.15, -0.1) is 0 Å². The molecular formula is C32H49F4N7. The van der Waals surface area contributed by atoms with Crippen molar-refractivity contribution in [1.29, 1.82) is 0 Å². The Morgan fingerprint density at radius 3 is 2.56 bits per heavy atom. The van der Waals surface area contributed by atoms with Crippen LogP contribution in [0, 0.1) is 0 Å². The Hall–Kier alpha value is -3.21. The van der Waals surface area contributed by atoms with Crippen LogP contribution in [-0.2, 0) is 6.18 Å². The molecule has 3 aliphatic rings. The predicted octanol–water partition coefficient (Wildman–Crippen LogP) is 7.16. The minimum atomic E-state index is -4.35. The number of aliphatic imine (C=N–C) groups is 2. The summed E-state index contributed by atoms with van der Waals surface area (Å²) in [5.41, 5.74) is 0.201. The van der Waals surface area contributed by atoms with Crippen LogP contribution in [0.2, 0.25) is 0 Å². The number of rotatable bonds is 6. The molecule has 1 fully saturated rings. The SMILES string of the molecule is CC.CCCCC(C)N(C)C1=NC(C2=CC=CCC(F)=C2)N(C)C=N1.CN1CCCN(c2ncccc2C(F)(F)F)CC1. The molecule has 1 aromatic heterocycles. The first-order valence-corrected chi connectivity index (χ1v) is 15.3. The number of guanidine groups is 1. The van der Waals surface area contributed by atoms with Crippen molar-refractivity contribution in [3.05, 3.63) is 59.6 Å². The Morgan fingerprint density at radius 2 is 1.86 bits per heavy atom. The van der Waals surface area contributed by atoms with Gasteiger partial charge < -0.3 is 19.6 Å². The van der Waals surface area contributed by atoms with Crippen LogP contribution >= 0.6 is 0 Å². The van der Waals surface area contributed by atoms with Crippen LogP contribution in [0.1, 0.15) is 65.4 Å². The Labute approximate surface area is 255 Å². The fourth-order valence-electron chi connectivity index (χ4n) is 4.76. The summed E-state index contributed by atoms with van der Waals surface area (Å²) < 4.78 is 52.5. The van der Waals surface area contributed by atoms with Crippen LogP contribution in [0.4, 0.5) is 23.4 Å². The molecule has 1 saturated heterocycles. The summed E-state index contributed by atoms with van der Waals surface area (Å²) in [5, 5.41) is 0. The largest absolute Gasteiger partial charge is 0.419 e. The summed E-state index contributed by atoms with van der Waals surface area (Å²) in [7, 11) is 5.92. The molecule has 4 rings (SSSR count). The Morgan fingerprint density at radius 1 is 1.12 bits per heavy atom. The van der Waals surface area contributed by atoms with Crippen molar-refractivity contribution in [1.82, 2.24) is 19.7 Å². The predicted molar refractivity (Wildman–Crippen MR) is 170 cm³/mol. The number of likely N-dealkylation sites (N-methyl/N-ethyl adjacent to an activating group) is 2. The zero-order valence-corrected chi connectivity index (χ0v) is 26.8. The van der Waals surface area contributed by atoms with E-state index in [2.05, 4.69) is 33.6 Å². The molecule has 11 heteroatoms. The van der Waals surface area contributed by atoms with E-state index in [0.717, 1.165) is 37.6 Å². The van der Waals surface area contributed by atoms with Crippen molar-refractivity contribution in [2.75, 3.05) is 52.2 Å². The average molecular weight is 608 g/mol. The van der Waals surface area contributed by atoms with Crippen molar-refractivity contribution in [2.45, 2.75) is 78.2 Å². The van der Waals surface area contributed by atoms with Gasteiger partial charge >= 0.3 is 6.18 Å². The van der Waals surface area contributed by atoms with Gasteiger partial charge in [-0.25, -0.2) is 19.4 Å². The third kappa shape index (κ3) is 11.1. The second-order valence-corrected chi connectivity index (χ2v) is 10.7. The Balaban J connectivity index is 0.000000291. The minimum Gasteiger partial charge on any atom is -0.355 e. The maximum absolute atomic E-state index is 13.8. The highest BCUT2D eigenvalue weighted by Crippen LogP contribution is 2.35. The van der Waals surface area contributed by atoms with E-state index in [4.69, 9.17) is 4.99 Å². The fraction of sp³-hybridized carbons (Fsp3) is 0.594. The number of anilines is 1. The number of pyridine rings is 1. The molecule has 1 aromatic rings.